The standard InChI is InChI=1S/C15H22N4S/c1-8-5-9(2)11(4)19(7-8)13-12-6-10(3)20-14(12)18-15(16)17-13/h6,8-9,11H,5,7H2,1-4H3,(H2,16,17,18). The number of aromatic nitrogens is 2. The van der Waals surface area contributed by atoms with E-state index in [1.54, 1.807) is 11.3 Å². The molecule has 0 aliphatic carbocycles. The van der Waals surface area contributed by atoms with E-state index in [2.05, 4.69) is 48.6 Å². The van der Waals surface area contributed by atoms with E-state index in [0.29, 0.717) is 23.8 Å². The first-order valence-electron chi connectivity index (χ1n) is 7.26. The lowest BCUT2D eigenvalue weighted by Gasteiger charge is -2.42. The molecule has 0 spiro atoms. The summed E-state index contributed by atoms with van der Waals surface area (Å²) < 4.78 is 0. The van der Waals surface area contributed by atoms with Gasteiger partial charge in [-0.1, -0.05) is 13.8 Å². The number of nitrogen functional groups attached to an aromatic ring is 1. The highest BCUT2D eigenvalue weighted by Crippen LogP contribution is 2.36. The molecule has 4 nitrogen and oxygen atoms in total. The number of thiophene rings is 1. The summed E-state index contributed by atoms with van der Waals surface area (Å²) in [7, 11) is 0. The van der Waals surface area contributed by atoms with Gasteiger partial charge in [0.2, 0.25) is 5.95 Å². The average Bonchev–Trinajstić information content (AvgIpc) is 2.73. The second-order valence-electron chi connectivity index (χ2n) is 6.19. The van der Waals surface area contributed by atoms with E-state index in [1.807, 2.05) is 0 Å². The Kier molecular flexibility index (Phi) is 3.32. The number of aryl methyl sites for hydroxylation is 1. The topological polar surface area (TPSA) is 55.0 Å². The number of fused-ring (bicyclic) bond motifs is 1. The molecule has 2 N–H and O–H groups in total. The van der Waals surface area contributed by atoms with Gasteiger partial charge in [0.15, 0.2) is 0 Å². The highest BCUT2D eigenvalue weighted by Gasteiger charge is 2.31. The van der Waals surface area contributed by atoms with Gasteiger partial charge in [0.1, 0.15) is 10.6 Å². The average molecular weight is 290 g/mol. The molecular formula is C15H22N4S. The largest absolute Gasteiger partial charge is 0.368 e. The fourth-order valence-corrected chi connectivity index (χ4v) is 4.14. The van der Waals surface area contributed by atoms with E-state index in [-0.39, 0.29) is 0 Å². The highest BCUT2D eigenvalue weighted by atomic mass is 32.1. The van der Waals surface area contributed by atoms with Crippen LogP contribution in [0.5, 0.6) is 0 Å². The van der Waals surface area contributed by atoms with Crippen LogP contribution in [0.15, 0.2) is 6.07 Å². The van der Waals surface area contributed by atoms with E-state index in [1.165, 1.54) is 11.3 Å². The quantitative estimate of drug-likeness (QED) is 0.874. The third-order valence-corrected chi connectivity index (χ3v) is 5.33. The Bertz CT molecular complexity index is 636. The SMILES string of the molecule is Cc1cc2c(N3CC(C)CC(C)C3C)nc(N)nc2s1. The van der Waals surface area contributed by atoms with E-state index in [9.17, 15) is 0 Å². The van der Waals surface area contributed by atoms with Gasteiger partial charge < -0.3 is 10.6 Å². The van der Waals surface area contributed by atoms with Crippen LogP contribution in [-0.4, -0.2) is 22.6 Å². The normalized spacial score (nSPS) is 27.2. The molecule has 1 saturated heterocycles. The molecule has 1 aliphatic heterocycles. The van der Waals surface area contributed by atoms with Gasteiger partial charge in [-0.2, -0.15) is 4.98 Å². The molecule has 2 aromatic rings. The van der Waals surface area contributed by atoms with Gasteiger partial charge in [-0.15, -0.1) is 11.3 Å². The molecule has 3 rings (SSSR count). The lowest BCUT2D eigenvalue weighted by molar-refractivity contribution is 0.296. The van der Waals surface area contributed by atoms with Crippen molar-refractivity contribution in [1.29, 1.82) is 0 Å². The summed E-state index contributed by atoms with van der Waals surface area (Å²) in [5, 5.41) is 1.15. The zero-order chi connectivity index (χ0) is 14.4. The maximum atomic E-state index is 5.91. The van der Waals surface area contributed by atoms with Crippen LogP contribution < -0.4 is 10.6 Å². The molecule has 0 aromatic carbocycles. The monoisotopic (exact) mass is 290 g/mol. The molecule has 2 aromatic heterocycles. The molecule has 1 aliphatic rings. The minimum atomic E-state index is 0.382. The van der Waals surface area contributed by atoms with Crippen LogP contribution in [0.2, 0.25) is 0 Å². The Morgan fingerprint density at radius 3 is 2.80 bits per heavy atom. The number of anilines is 2. The van der Waals surface area contributed by atoms with Crippen molar-refractivity contribution in [3.63, 3.8) is 0 Å². The molecule has 1 fully saturated rings. The molecule has 0 saturated carbocycles. The number of hydrogen-bond donors (Lipinski definition) is 1. The first-order chi connectivity index (χ1) is 9.45. The Morgan fingerprint density at radius 1 is 1.30 bits per heavy atom. The molecule has 3 heterocycles. The van der Waals surface area contributed by atoms with Gasteiger partial charge >= 0.3 is 0 Å². The fourth-order valence-electron chi connectivity index (χ4n) is 3.26. The van der Waals surface area contributed by atoms with E-state index in [0.717, 1.165) is 22.6 Å². The van der Waals surface area contributed by atoms with Crippen LogP contribution in [0.4, 0.5) is 11.8 Å². The zero-order valence-corrected chi connectivity index (χ0v) is 13.4. The number of nitrogens with zero attached hydrogens (tertiary/aromatic N) is 3. The number of nitrogens with two attached hydrogens (primary N) is 1. The molecule has 0 amide bonds. The van der Waals surface area contributed by atoms with Crippen molar-refractivity contribution in [2.45, 2.75) is 40.2 Å². The summed E-state index contributed by atoms with van der Waals surface area (Å²) in [4.78, 5) is 13.6. The first kappa shape index (κ1) is 13.6. The van der Waals surface area contributed by atoms with Crippen LogP contribution in [-0.2, 0) is 0 Å². The maximum absolute atomic E-state index is 5.91. The third-order valence-electron chi connectivity index (χ3n) is 4.38. The van der Waals surface area contributed by atoms with E-state index >= 15 is 0 Å². The Balaban J connectivity index is 2.12. The van der Waals surface area contributed by atoms with Crippen molar-refractivity contribution < 1.29 is 0 Å². The third kappa shape index (κ3) is 2.24. The highest BCUT2D eigenvalue weighted by molar-refractivity contribution is 7.18. The predicted molar refractivity (Wildman–Crippen MR) is 86.3 cm³/mol. The van der Waals surface area contributed by atoms with Crippen molar-refractivity contribution >= 4 is 33.3 Å². The molecule has 20 heavy (non-hydrogen) atoms. The number of rotatable bonds is 1. The second-order valence-corrected chi connectivity index (χ2v) is 7.43. The number of hydrogen-bond acceptors (Lipinski definition) is 5. The molecule has 0 radical (unpaired) electrons. The fraction of sp³-hybridized carbons (Fsp3) is 0.600. The zero-order valence-electron chi connectivity index (χ0n) is 12.6. The molecule has 0 bridgehead atoms. The molecular weight excluding hydrogens is 268 g/mol. The van der Waals surface area contributed by atoms with E-state index < -0.39 is 0 Å². The van der Waals surface area contributed by atoms with Crippen LogP contribution >= 0.6 is 11.3 Å². The van der Waals surface area contributed by atoms with Gasteiger partial charge in [-0.25, -0.2) is 4.98 Å². The molecule has 3 atom stereocenters. The van der Waals surface area contributed by atoms with Gasteiger partial charge in [0, 0.05) is 17.5 Å². The Morgan fingerprint density at radius 2 is 2.05 bits per heavy atom. The Hall–Kier alpha value is -1.36. The number of piperidine rings is 1. The second kappa shape index (κ2) is 4.88. The molecule has 5 heteroatoms. The first-order valence-corrected chi connectivity index (χ1v) is 8.07. The van der Waals surface area contributed by atoms with Crippen molar-refractivity contribution in [2.75, 3.05) is 17.2 Å². The van der Waals surface area contributed by atoms with Crippen LogP contribution in [0.1, 0.15) is 32.1 Å². The molecule has 108 valence electrons. The molecule has 3 unspecified atom stereocenters. The summed E-state index contributed by atoms with van der Waals surface area (Å²) in [6.45, 7) is 10.1. The van der Waals surface area contributed by atoms with Crippen molar-refractivity contribution in [3.05, 3.63) is 10.9 Å². The summed E-state index contributed by atoms with van der Waals surface area (Å²) in [6, 6.07) is 2.68. The smallest absolute Gasteiger partial charge is 0.223 e. The maximum Gasteiger partial charge on any atom is 0.223 e. The minimum absolute atomic E-state index is 0.382. The van der Waals surface area contributed by atoms with Crippen molar-refractivity contribution in [3.8, 4) is 0 Å². The van der Waals surface area contributed by atoms with Crippen LogP contribution in [0.3, 0.4) is 0 Å². The lowest BCUT2D eigenvalue weighted by atomic mass is 9.86. The van der Waals surface area contributed by atoms with Crippen LogP contribution in [0, 0.1) is 18.8 Å². The summed E-state index contributed by atoms with van der Waals surface area (Å²) in [5.41, 5.74) is 5.91. The summed E-state index contributed by atoms with van der Waals surface area (Å²) in [6.07, 6.45) is 1.28. The van der Waals surface area contributed by atoms with Gasteiger partial charge in [0.25, 0.3) is 0 Å². The van der Waals surface area contributed by atoms with Crippen molar-refractivity contribution in [2.24, 2.45) is 11.8 Å². The van der Waals surface area contributed by atoms with Crippen LogP contribution in [0.25, 0.3) is 10.2 Å². The van der Waals surface area contributed by atoms with Gasteiger partial charge in [-0.05, 0) is 38.2 Å². The lowest BCUT2D eigenvalue weighted by Crippen LogP contribution is -2.46. The van der Waals surface area contributed by atoms with Crippen molar-refractivity contribution in [1.82, 2.24) is 9.97 Å². The van der Waals surface area contributed by atoms with Gasteiger partial charge in [0.05, 0.1) is 5.39 Å². The predicted octanol–water partition coefficient (Wildman–Crippen LogP) is 3.45. The summed E-state index contributed by atoms with van der Waals surface area (Å²) in [5.74, 6) is 2.76. The minimum Gasteiger partial charge on any atom is -0.368 e. The summed E-state index contributed by atoms with van der Waals surface area (Å²) >= 11 is 1.69. The van der Waals surface area contributed by atoms with E-state index in [4.69, 9.17) is 5.73 Å². The van der Waals surface area contributed by atoms with Gasteiger partial charge in [-0.3, -0.25) is 0 Å². The Labute approximate surface area is 124 Å².